The van der Waals surface area contributed by atoms with Gasteiger partial charge in [-0.3, -0.25) is 4.68 Å². The average molecular weight is 140 g/mol. The van der Waals surface area contributed by atoms with E-state index < -0.39 is 5.97 Å². The van der Waals surface area contributed by atoms with Crippen molar-refractivity contribution in [3.63, 3.8) is 0 Å². The molecule has 5 nitrogen and oxygen atoms in total. The fraction of sp³-hybridized carbons (Fsp3) is 0.200. The Hall–Kier alpha value is -1.52. The van der Waals surface area contributed by atoms with Crippen molar-refractivity contribution in [3.8, 4) is 0 Å². The molecule has 1 aromatic heterocycles. The molecule has 2 N–H and O–H groups in total. The van der Waals surface area contributed by atoms with Gasteiger partial charge in [0.05, 0.1) is 17.9 Å². The molecule has 0 fully saturated rings. The highest BCUT2D eigenvalue weighted by Crippen LogP contribution is 2.06. The van der Waals surface area contributed by atoms with Crippen molar-refractivity contribution in [1.29, 1.82) is 0 Å². The number of hydrogen-bond acceptors (Lipinski definition) is 4. The average Bonchev–Trinajstić information content (AvgIpc) is 2.11. The molecule has 0 saturated carbocycles. The van der Waals surface area contributed by atoms with Crippen molar-refractivity contribution in [2.45, 2.75) is 0 Å². The summed E-state index contributed by atoms with van der Waals surface area (Å²) >= 11 is 0. The Labute approximate surface area is 57.1 Å². The van der Waals surface area contributed by atoms with Crippen LogP contribution < -0.4 is 10.8 Å². The number of aromatic carboxylic acids is 1. The smallest absolute Gasteiger partial charge is 0.106 e. The molecule has 0 aliphatic carbocycles. The van der Waals surface area contributed by atoms with Gasteiger partial charge >= 0.3 is 0 Å². The zero-order valence-corrected chi connectivity index (χ0v) is 5.37. The van der Waals surface area contributed by atoms with Crippen LogP contribution in [0.4, 0.5) is 5.69 Å². The summed E-state index contributed by atoms with van der Waals surface area (Å²) in [6.07, 6.45) is 1.27. The van der Waals surface area contributed by atoms with E-state index in [9.17, 15) is 9.90 Å². The van der Waals surface area contributed by atoms with E-state index in [0.717, 1.165) is 4.68 Å². The van der Waals surface area contributed by atoms with Gasteiger partial charge < -0.3 is 15.6 Å². The molecule has 0 aliphatic heterocycles. The van der Waals surface area contributed by atoms with Gasteiger partial charge in [-0.2, -0.15) is 5.10 Å². The minimum absolute atomic E-state index is 0.0833. The van der Waals surface area contributed by atoms with E-state index in [4.69, 9.17) is 5.73 Å². The number of anilines is 1. The zero-order valence-electron chi connectivity index (χ0n) is 5.37. The van der Waals surface area contributed by atoms with E-state index in [1.807, 2.05) is 0 Å². The van der Waals surface area contributed by atoms with Crippen LogP contribution in [0, 0.1) is 0 Å². The largest absolute Gasteiger partial charge is 0.543 e. The first-order valence-electron chi connectivity index (χ1n) is 2.61. The van der Waals surface area contributed by atoms with Crippen LogP contribution in [-0.2, 0) is 7.05 Å². The summed E-state index contributed by atoms with van der Waals surface area (Å²) in [6.45, 7) is 0. The summed E-state index contributed by atoms with van der Waals surface area (Å²) in [6, 6.07) is 0. The third kappa shape index (κ3) is 0.812. The fourth-order valence-electron chi connectivity index (χ4n) is 0.704. The molecule has 0 unspecified atom stereocenters. The van der Waals surface area contributed by atoms with Gasteiger partial charge in [0.25, 0.3) is 0 Å². The second-order valence-electron chi connectivity index (χ2n) is 1.86. The van der Waals surface area contributed by atoms with Crippen LogP contribution in [-0.4, -0.2) is 15.7 Å². The van der Waals surface area contributed by atoms with Crippen molar-refractivity contribution in [1.82, 2.24) is 9.78 Å². The van der Waals surface area contributed by atoms with Crippen molar-refractivity contribution >= 4 is 11.7 Å². The van der Waals surface area contributed by atoms with E-state index in [1.54, 1.807) is 0 Å². The highest BCUT2D eigenvalue weighted by Gasteiger charge is 2.04. The predicted molar refractivity (Wildman–Crippen MR) is 32.0 cm³/mol. The van der Waals surface area contributed by atoms with Gasteiger partial charge in [0.2, 0.25) is 0 Å². The topological polar surface area (TPSA) is 84.0 Å². The number of nitrogen functional groups attached to an aromatic ring is 1. The monoisotopic (exact) mass is 140 g/mol. The number of nitrogens with two attached hydrogens (primary N) is 1. The SMILES string of the molecule is Cn1ncc(N)c1C(=O)[O-]. The second kappa shape index (κ2) is 2.02. The molecule has 0 saturated heterocycles. The van der Waals surface area contributed by atoms with E-state index in [0.29, 0.717) is 0 Å². The third-order valence-electron chi connectivity index (χ3n) is 1.16. The lowest BCUT2D eigenvalue weighted by atomic mass is 10.4. The number of carbonyl (C=O) groups excluding carboxylic acids is 1. The first-order valence-corrected chi connectivity index (χ1v) is 2.61. The highest BCUT2D eigenvalue weighted by atomic mass is 16.4. The van der Waals surface area contributed by atoms with Crippen LogP contribution in [0.5, 0.6) is 0 Å². The lowest BCUT2D eigenvalue weighted by Gasteiger charge is -2.01. The number of rotatable bonds is 1. The van der Waals surface area contributed by atoms with E-state index in [1.165, 1.54) is 13.2 Å². The fourth-order valence-corrected chi connectivity index (χ4v) is 0.704. The number of carbonyl (C=O) groups is 1. The van der Waals surface area contributed by atoms with Gasteiger partial charge in [-0.25, -0.2) is 0 Å². The Morgan fingerprint density at radius 2 is 2.50 bits per heavy atom. The summed E-state index contributed by atoms with van der Waals surface area (Å²) in [7, 11) is 1.49. The van der Waals surface area contributed by atoms with Gasteiger partial charge in [0.1, 0.15) is 5.69 Å². The van der Waals surface area contributed by atoms with Crippen LogP contribution in [0.15, 0.2) is 6.20 Å². The number of carboxylic acids is 1. The lowest BCUT2D eigenvalue weighted by Crippen LogP contribution is -2.26. The second-order valence-corrected chi connectivity index (χ2v) is 1.86. The van der Waals surface area contributed by atoms with Crippen LogP contribution in [0.3, 0.4) is 0 Å². The summed E-state index contributed by atoms with van der Waals surface area (Å²) in [4.78, 5) is 10.3. The number of carboxylic acid groups (broad SMARTS) is 1. The number of aromatic nitrogens is 2. The molecule has 1 heterocycles. The molecule has 1 aromatic rings. The lowest BCUT2D eigenvalue weighted by molar-refractivity contribution is -0.255. The highest BCUT2D eigenvalue weighted by molar-refractivity contribution is 5.89. The van der Waals surface area contributed by atoms with Crippen LogP contribution in [0.2, 0.25) is 0 Å². The number of aryl methyl sites for hydroxylation is 1. The molecule has 1 rings (SSSR count). The minimum atomic E-state index is -1.31. The standard InChI is InChI=1S/C5H7N3O2/c1-8-4(5(9)10)3(6)2-7-8/h2H,6H2,1H3,(H,9,10)/p-1. The molecule has 0 amide bonds. The molecule has 0 aliphatic rings. The number of nitrogens with zero attached hydrogens (tertiary/aromatic N) is 2. The first-order chi connectivity index (χ1) is 4.63. The molecule has 0 radical (unpaired) electrons. The van der Waals surface area contributed by atoms with E-state index in [2.05, 4.69) is 5.10 Å². The van der Waals surface area contributed by atoms with Crippen molar-refractivity contribution in [2.24, 2.45) is 7.05 Å². The first kappa shape index (κ1) is 6.60. The quantitative estimate of drug-likeness (QED) is 0.507. The van der Waals surface area contributed by atoms with Crippen molar-refractivity contribution in [3.05, 3.63) is 11.9 Å². The van der Waals surface area contributed by atoms with Gasteiger partial charge in [0.15, 0.2) is 0 Å². The normalized spacial score (nSPS) is 9.70. The Bertz CT molecular complexity index is 246. The van der Waals surface area contributed by atoms with E-state index >= 15 is 0 Å². The Morgan fingerprint density at radius 3 is 2.70 bits per heavy atom. The maximum absolute atomic E-state index is 10.3. The summed E-state index contributed by atoms with van der Waals surface area (Å²) in [5.74, 6) is -1.31. The van der Waals surface area contributed by atoms with Gasteiger partial charge in [0, 0.05) is 7.05 Å². The Balaban J connectivity index is 3.23. The van der Waals surface area contributed by atoms with Crippen molar-refractivity contribution < 1.29 is 9.90 Å². The van der Waals surface area contributed by atoms with Crippen molar-refractivity contribution in [2.75, 3.05) is 5.73 Å². The number of hydrogen-bond donors (Lipinski definition) is 1. The molecule has 0 atom stereocenters. The van der Waals surface area contributed by atoms with E-state index in [-0.39, 0.29) is 11.4 Å². The Morgan fingerprint density at radius 1 is 1.90 bits per heavy atom. The van der Waals surface area contributed by atoms with Crippen LogP contribution in [0.25, 0.3) is 0 Å². The van der Waals surface area contributed by atoms with Crippen LogP contribution >= 0.6 is 0 Å². The minimum Gasteiger partial charge on any atom is -0.543 e. The van der Waals surface area contributed by atoms with Gasteiger partial charge in [-0.05, 0) is 0 Å². The molecule has 0 spiro atoms. The molecule has 5 heteroatoms. The van der Waals surface area contributed by atoms with Gasteiger partial charge in [-0.1, -0.05) is 0 Å². The molecule has 54 valence electrons. The molecular weight excluding hydrogens is 134 g/mol. The zero-order chi connectivity index (χ0) is 7.72. The predicted octanol–water partition coefficient (Wildman–Crippen LogP) is -1.63. The maximum atomic E-state index is 10.3. The maximum Gasteiger partial charge on any atom is 0.106 e. The molecule has 10 heavy (non-hydrogen) atoms. The molecular formula is C5H6N3O2-. The molecule has 0 bridgehead atoms. The molecule has 0 aromatic carbocycles. The summed E-state index contributed by atoms with van der Waals surface area (Å²) in [5.41, 5.74) is 5.28. The Kier molecular flexibility index (Phi) is 1.33. The van der Waals surface area contributed by atoms with Gasteiger partial charge in [-0.15, -0.1) is 0 Å². The summed E-state index contributed by atoms with van der Waals surface area (Å²) in [5, 5.41) is 13.9. The third-order valence-corrected chi connectivity index (χ3v) is 1.16. The summed E-state index contributed by atoms with van der Waals surface area (Å²) < 4.78 is 1.16. The van der Waals surface area contributed by atoms with Crippen LogP contribution in [0.1, 0.15) is 10.5 Å².